The number of hydrogen-bond donors (Lipinski definition) is 1. The minimum absolute atomic E-state index is 0.0666. The van der Waals surface area contributed by atoms with E-state index in [4.69, 9.17) is 10.5 Å². The molecule has 0 saturated carbocycles. The Morgan fingerprint density at radius 2 is 1.92 bits per heavy atom. The van der Waals surface area contributed by atoms with Crippen LogP contribution in [0.25, 0.3) is 0 Å². The van der Waals surface area contributed by atoms with Crippen LogP contribution < -0.4 is 10.5 Å². The van der Waals surface area contributed by atoms with Gasteiger partial charge in [-0.05, 0) is 30.2 Å². The van der Waals surface area contributed by atoms with E-state index in [0.717, 1.165) is 0 Å². The molecule has 4 nitrogen and oxygen atoms in total. The first-order valence-electron chi connectivity index (χ1n) is 7.98. The van der Waals surface area contributed by atoms with Crippen molar-refractivity contribution >= 4 is 5.71 Å². The van der Waals surface area contributed by atoms with Gasteiger partial charge in [-0.1, -0.05) is 18.2 Å². The first-order valence-corrected chi connectivity index (χ1v) is 7.98. The van der Waals surface area contributed by atoms with Crippen LogP contribution in [0.15, 0.2) is 65.7 Å². The molecule has 1 aliphatic rings. The average molecular weight is 361 g/mol. The van der Waals surface area contributed by atoms with Crippen LogP contribution in [-0.4, -0.2) is 24.0 Å². The van der Waals surface area contributed by atoms with Gasteiger partial charge in [0.25, 0.3) is 0 Å². The zero-order valence-corrected chi connectivity index (χ0v) is 14.1. The van der Waals surface area contributed by atoms with Crippen LogP contribution in [0.2, 0.25) is 0 Å². The molecule has 2 heterocycles. The highest BCUT2D eigenvalue weighted by Crippen LogP contribution is 2.49. The van der Waals surface area contributed by atoms with E-state index < -0.39 is 11.6 Å². The number of hydrogen-bond acceptors (Lipinski definition) is 4. The number of nitrogens with zero attached hydrogens (tertiary/aromatic N) is 2. The maximum Gasteiger partial charge on any atom is 0.400 e. The second kappa shape index (κ2) is 6.82. The molecule has 1 aromatic carbocycles. The van der Waals surface area contributed by atoms with Gasteiger partial charge in [0, 0.05) is 36.3 Å². The Morgan fingerprint density at radius 3 is 2.50 bits per heavy atom. The molecule has 0 saturated heterocycles. The molecule has 0 radical (unpaired) electrons. The van der Waals surface area contributed by atoms with Crippen molar-refractivity contribution in [3.05, 3.63) is 71.8 Å². The number of rotatable bonds is 4. The van der Waals surface area contributed by atoms with Crippen LogP contribution in [0.4, 0.5) is 13.2 Å². The number of aromatic nitrogens is 1. The lowest BCUT2D eigenvalue weighted by molar-refractivity contribution is -0.197. The molecule has 0 fully saturated rings. The highest BCUT2D eigenvalue weighted by molar-refractivity contribution is 6.06. The van der Waals surface area contributed by atoms with Gasteiger partial charge in [-0.25, -0.2) is 0 Å². The number of allylic oxidation sites excluding steroid dienone is 1. The molecule has 1 atom stereocenters. The average Bonchev–Trinajstić information content (AvgIpc) is 2.62. The van der Waals surface area contributed by atoms with Gasteiger partial charge >= 0.3 is 6.18 Å². The summed E-state index contributed by atoms with van der Waals surface area (Å²) in [5.74, 6) is 0.582. The topological polar surface area (TPSA) is 60.5 Å². The summed E-state index contributed by atoms with van der Waals surface area (Å²) in [5.41, 5.74) is 4.44. The van der Waals surface area contributed by atoms with E-state index in [1.807, 2.05) is 0 Å². The molecule has 1 aromatic heterocycles. The number of nitrogens with two attached hydrogens (primary N) is 1. The van der Waals surface area contributed by atoms with Crippen molar-refractivity contribution in [3.8, 4) is 5.75 Å². The van der Waals surface area contributed by atoms with E-state index >= 15 is 0 Å². The summed E-state index contributed by atoms with van der Waals surface area (Å²) in [6, 6.07) is 9.71. The summed E-state index contributed by atoms with van der Waals surface area (Å²) in [6.45, 7) is 0. The van der Waals surface area contributed by atoms with Gasteiger partial charge in [0.15, 0.2) is 0 Å². The summed E-state index contributed by atoms with van der Waals surface area (Å²) >= 11 is 0. The molecule has 26 heavy (non-hydrogen) atoms. The zero-order chi connectivity index (χ0) is 18.8. The lowest BCUT2D eigenvalue weighted by atomic mass is 9.70. The molecule has 136 valence electrons. The Kier molecular flexibility index (Phi) is 4.71. The van der Waals surface area contributed by atoms with Gasteiger partial charge in [-0.2, -0.15) is 13.2 Å². The Labute approximate surface area is 149 Å². The maximum atomic E-state index is 14.3. The monoisotopic (exact) mass is 361 g/mol. The van der Waals surface area contributed by atoms with Crippen molar-refractivity contribution < 1.29 is 17.9 Å². The van der Waals surface area contributed by atoms with Crippen molar-refractivity contribution in [1.29, 1.82) is 0 Å². The molecule has 3 rings (SSSR count). The Morgan fingerprint density at radius 1 is 1.19 bits per heavy atom. The molecule has 2 N–H and O–H groups in total. The Hall–Kier alpha value is -2.83. The van der Waals surface area contributed by atoms with Crippen molar-refractivity contribution in [2.45, 2.75) is 19.0 Å². The minimum atomic E-state index is -4.54. The third-order valence-electron chi connectivity index (χ3n) is 4.46. The van der Waals surface area contributed by atoms with Gasteiger partial charge in [-0.3, -0.25) is 9.98 Å². The van der Waals surface area contributed by atoms with E-state index in [2.05, 4.69) is 9.98 Å². The smallest absolute Gasteiger partial charge is 0.400 e. The molecule has 1 unspecified atom stereocenters. The fourth-order valence-corrected chi connectivity index (χ4v) is 3.18. The number of ether oxygens (including phenoxy) is 1. The Balaban J connectivity index is 2.10. The lowest BCUT2D eigenvalue weighted by Gasteiger charge is -2.39. The molecular weight excluding hydrogens is 343 g/mol. The molecule has 0 spiro atoms. The van der Waals surface area contributed by atoms with E-state index in [-0.39, 0.29) is 24.3 Å². The fraction of sp³-hybridized carbons (Fsp3) is 0.263. The number of benzene rings is 1. The molecule has 7 heteroatoms. The SMILES string of the molecule is COc1ccc(CC2(C(F)(F)F)CC(N)=CN=C2c2cccnc2)cc1. The number of methoxy groups -OCH3 is 1. The summed E-state index contributed by atoms with van der Waals surface area (Å²) in [5, 5.41) is 0. The van der Waals surface area contributed by atoms with Crippen LogP contribution >= 0.6 is 0 Å². The largest absolute Gasteiger partial charge is 0.497 e. The van der Waals surface area contributed by atoms with Gasteiger partial charge in [0.1, 0.15) is 11.2 Å². The van der Waals surface area contributed by atoms with Crippen LogP contribution in [-0.2, 0) is 6.42 Å². The fourth-order valence-electron chi connectivity index (χ4n) is 3.18. The van der Waals surface area contributed by atoms with Gasteiger partial charge in [0.05, 0.1) is 12.8 Å². The molecule has 0 bridgehead atoms. The van der Waals surface area contributed by atoms with Gasteiger partial charge < -0.3 is 10.5 Å². The van der Waals surface area contributed by atoms with Gasteiger partial charge in [-0.15, -0.1) is 0 Å². The van der Waals surface area contributed by atoms with E-state index in [9.17, 15) is 13.2 Å². The Bertz CT molecular complexity index is 829. The van der Waals surface area contributed by atoms with E-state index in [1.54, 1.807) is 36.4 Å². The quantitative estimate of drug-likeness (QED) is 0.899. The third kappa shape index (κ3) is 3.29. The first kappa shape index (κ1) is 18.0. The summed E-state index contributed by atoms with van der Waals surface area (Å²) in [4.78, 5) is 8.02. The predicted octanol–water partition coefficient (Wildman–Crippen LogP) is 3.87. The highest BCUT2D eigenvalue weighted by Gasteiger charge is 2.59. The van der Waals surface area contributed by atoms with Gasteiger partial charge in [0.2, 0.25) is 0 Å². The van der Waals surface area contributed by atoms with Crippen molar-refractivity contribution in [2.24, 2.45) is 16.1 Å². The van der Waals surface area contributed by atoms with Crippen molar-refractivity contribution in [1.82, 2.24) is 4.98 Å². The number of alkyl halides is 3. The molecule has 1 aliphatic heterocycles. The molecule has 0 aliphatic carbocycles. The van der Waals surface area contributed by atoms with Crippen LogP contribution in [0.1, 0.15) is 17.5 Å². The van der Waals surface area contributed by atoms with Crippen molar-refractivity contribution in [3.63, 3.8) is 0 Å². The third-order valence-corrected chi connectivity index (χ3v) is 4.46. The zero-order valence-electron chi connectivity index (χ0n) is 14.1. The number of aliphatic imine (C=N–C) groups is 1. The summed E-state index contributed by atoms with van der Waals surface area (Å²) in [6.07, 6.45) is -0.974. The molecule has 0 amide bonds. The lowest BCUT2D eigenvalue weighted by Crippen LogP contribution is -2.49. The normalized spacial score (nSPS) is 20.3. The molecular formula is C19H18F3N3O. The molecule has 2 aromatic rings. The summed E-state index contributed by atoms with van der Waals surface area (Å²) in [7, 11) is 1.51. The minimum Gasteiger partial charge on any atom is -0.497 e. The number of pyridine rings is 1. The van der Waals surface area contributed by atoms with E-state index in [1.165, 1.54) is 25.7 Å². The van der Waals surface area contributed by atoms with Crippen LogP contribution in [0.5, 0.6) is 5.75 Å². The van der Waals surface area contributed by atoms with Crippen LogP contribution in [0.3, 0.4) is 0 Å². The second-order valence-electron chi connectivity index (χ2n) is 6.20. The second-order valence-corrected chi connectivity index (χ2v) is 6.20. The highest BCUT2D eigenvalue weighted by atomic mass is 19.4. The van der Waals surface area contributed by atoms with E-state index in [0.29, 0.717) is 16.9 Å². The van der Waals surface area contributed by atoms with Crippen LogP contribution in [0, 0.1) is 5.41 Å². The summed E-state index contributed by atoms with van der Waals surface area (Å²) < 4.78 is 48.1. The first-order chi connectivity index (χ1) is 12.4. The number of halogens is 3. The van der Waals surface area contributed by atoms with Crippen molar-refractivity contribution in [2.75, 3.05) is 7.11 Å². The predicted molar refractivity (Wildman–Crippen MR) is 92.8 cm³/mol. The standard InChI is InChI=1S/C19H18F3N3O/c1-26-16-6-4-13(5-7-16)9-18(19(20,21)22)10-15(23)12-25-17(18)14-3-2-8-24-11-14/h2-8,11-12H,9-10,23H2,1H3. The maximum absolute atomic E-state index is 14.3.